The summed E-state index contributed by atoms with van der Waals surface area (Å²) in [7, 11) is 0. The Morgan fingerprint density at radius 1 is 1.06 bits per heavy atom. The molecule has 0 aromatic carbocycles. The van der Waals surface area contributed by atoms with Crippen LogP contribution in [0.4, 0.5) is 0 Å². The lowest BCUT2D eigenvalue weighted by atomic mass is 10.00. The minimum Gasteiger partial charge on any atom is -0.317 e. The van der Waals surface area contributed by atoms with Crippen molar-refractivity contribution in [3.63, 3.8) is 0 Å². The van der Waals surface area contributed by atoms with Gasteiger partial charge in [0.05, 0.1) is 0 Å². The summed E-state index contributed by atoms with van der Waals surface area (Å²) < 4.78 is 0. The predicted molar refractivity (Wildman–Crippen MR) is 73.4 cm³/mol. The molecule has 100 valence electrons. The van der Waals surface area contributed by atoms with Crippen LogP contribution >= 0.6 is 0 Å². The van der Waals surface area contributed by atoms with E-state index < -0.39 is 0 Å². The molecule has 1 atom stereocenters. The molecule has 2 heterocycles. The first kappa shape index (κ1) is 13.3. The molecule has 0 bridgehead atoms. The molecule has 1 N–H and O–H groups in total. The molecule has 1 unspecified atom stereocenters. The lowest BCUT2D eigenvalue weighted by Gasteiger charge is -2.38. The first-order valence-corrected chi connectivity index (χ1v) is 7.43. The molecule has 2 saturated heterocycles. The molecule has 2 aliphatic heterocycles. The van der Waals surface area contributed by atoms with Crippen molar-refractivity contribution >= 4 is 0 Å². The van der Waals surface area contributed by atoms with Gasteiger partial charge in [-0.3, -0.25) is 4.90 Å². The number of hydrogen-bond acceptors (Lipinski definition) is 3. The van der Waals surface area contributed by atoms with Crippen LogP contribution in [0.1, 0.15) is 33.1 Å². The Morgan fingerprint density at radius 2 is 1.82 bits per heavy atom. The van der Waals surface area contributed by atoms with E-state index in [1.54, 1.807) is 0 Å². The summed E-state index contributed by atoms with van der Waals surface area (Å²) in [5.41, 5.74) is 0. The number of hydrogen-bond donors (Lipinski definition) is 1. The van der Waals surface area contributed by atoms with Crippen LogP contribution in [0.15, 0.2) is 0 Å². The van der Waals surface area contributed by atoms with E-state index in [0.717, 1.165) is 12.0 Å². The predicted octanol–water partition coefficient (Wildman–Crippen LogP) is 1.40. The SMILES string of the molecule is CC(C)N1CCN(CC2CCCNCC2)CC1. The molecular formula is C14H29N3. The van der Waals surface area contributed by atoms with Crippen molar-refractivity contribution in [2.24, 2.45) is 5.92 Å². The van der Waals surface area contributed by atoms with Crippen molar-refractivity contribution in [1.29, 1.82) is 0 Å². The van der Waals surface area contributed by atoms with E-state index in [2.05, 4.69) is 29.0 Å². The Labute approximate surface area is 107 Å². The van der Waals surface area contributed by atoms with E-state index in [4.69, 9.17) is 0 Å². The Bertz CT molecular complexity index is 202. The molecule has 3 heteroatoms. The standard InChI is InChI=1S/C14H29N3/c1-13(2)17-10-8-16(9-11-17)12-14-4-3-6-15-7-5-14/h13-15H,3-12H2,1-2H3. The maximum absolute atomic E-state index is 3.51. The maximum atomic E-state index is 3.51. The highest BCUT2D eigenvalue weighted by Crippen LogP contribution is 2.16. The van der Waals surface area contributed by atoms with E-state index in [1.165, 1.54) is 65.1 Å². The molecule has 17 heavy (non-hydrogen) atoms. The van der Waals surface area contributed by atoms with Crippen molar-refractivity contribution in [1.82, 2.24) is 15.1 Å². The minimum absolute atomic E-state index is 0.722. The van der Waals surface area contributed by atoms with Crippen LogP contribution in [0.25, 0.3) is 0 Å². The van der Waals surface area contributed by atoms with Crippen LogP contribution in [-0.4, -0.2) is 61.7 Å². The Hall–Kier alpha value is -0.120. The van der Waals surface area contributed by atoms with E-state index in [9.17, 15) is 0 Å². The topological polar surface area (TPSA) is 18.5 Å². The van der Waals surface area contributed by atoms with E-state index in [0.29, 0.717) is 0 Å². The van der Waals surface area contributed by atoms with Gasteiger partial charge in [0.1, 0.15) is 0 Å². The third-order valence-electron chi connectivity index (χ3n) is 4.35. The summed E-state index contributed by atoms with van der Waals surface area (Å²) in [6, 6.07) is 0.722. The summed E-state index contributed by atoms with van der Waals surface area (Å²) in [5.74, 6) is 0.940. The summed E-state index contributed by atoms with van der Waals surface area (Å²) in [6.07, 6.45) is 4.18. The zero-order valence-electron chi connectivity index (χ0n) is 11.6. The van der Waals surface area contributed by atoms with Crippen molar-refractivity contribution in [2.75, 3.05) is 45.8 Å². The molecular weight excluding hydrogens is 210 g/mol. The molecule has 0 saturated carbocycles. The normalized spacial score (nSPS) is 29.5. The molecule has 3 nitrogen and oxygen atoms in total. The average molecular weight is 239 g/mol. The van der Waals surface area contributed by atoms with Crippen LogP contribution in [-0.2, 0) is 0 Å². The second-order valence-electron chi connectivity index (χ2n) is 5.98. The molecule has 0 aromatic heterocycles. The molecule has 0 spiro atoms. The zero-order valence-corrected chi connectivity index (χ0v) is 11.6. The van der Waals surface area contributed by atoms with Crippen LogP contribution in [0, 0.1) is 5.92 Å². The smallest absolute Gasteiger partial charge is 0.0113 e. The van der Waals surface area contributed by atoms with Gasteiger partial charge in [0, 0.05) is 38.8 Å². The van der Waals surface area contributed by atoms with Crippen LogP contribution in [0.2, 0.25) is 0 Å². The van der Waals surface area contributed by atoms with Crippen molar-refractivity contribution in [3.05, 3.63) is 0 Å². The second-order valence-corrected chi connectivity index (χ2v) is 5.98. The lowest BCUT2D eigenvalue weighted by molar-refractivity contribution is 0.0950. The fourth-order valence-corrected chi connectivity index (χ4v) is 3.10. The quantitative estimate of drug-likeness (QED) is 0.803. The molecule has 0 aromatic rings. The van der Waals surface area contributed by atoms with Gasteiger partial charge >= 0.3 is 0 Å². The largest absolute Gasteiger partial charge is 0.317 e. The summed E-state index contributed by atoms with van der Waals surface area (Å²) >= 11 is 0. The van der Waals surface area contributed by atoms with Crippen LogP contribution in [0.5, 0.6) is 0 Å². The summed E-state index contributed by atoms with van der Waals surface area (Å²) in [4.78, 5) is 5.29. The van der Waals surface area contributed by atoms with Crippen molar-refractivity contribution < 1.29 is 0 Å². The number of rotatable bonds is 3. The monoisotopic (exact) mass is 239 g/mol. The molecule has 2 rings (SSSR count). The van der Waals surface area contributed by atoms with Gasteiger partial charge in [-0.15, -0.1) is 0 Å². The number of nitrogens with zero attached hydrogens (tertiary/aromatic N) is 2. The van der Waals surface area contributed by atoms with Crippen LogP contribution < -0.4 is 5.32 Å². The lowest BCUT2D eigenvalue weighted by Crippen LogP contribution is -2.49. The average Bonchev–Trinajstić information content (AvgIpc) is 2.58. The summed E-state index contributed by atoms with van der Waals surface area (Å²) in [5, 5.41) is 3.51. The number of nitrogens with one attached hydrogen (secondary N) is 1. The molecule has 0 radical (unpaired) electrons. The third kappa shape index (κ3) is 4.23. The Balaban J connectivity index is 1.69. The zero-order chi connectivity index (χ0) is 12.1. The van der Waals surface area contributed by atoms with Gasteiger partial charge < -0.3 is 10.2 Å². The fourth-order valence-electron chi connectivity index (χ4n) is 3.10. The first-order valence-electron chi connectivity index (χ1n) is 7.43. The van der Waals surface area contributed by atoms with E-state index in [1.807, 2.05) is 0 Å². The van der Waals surface area contributed by atoms with Gasteiger partial charge in [0.25, 0.3) is 0 Å². The van der Waals surface area contributed by atoms with Gasteiger partial charge in [-0.2, -0.15) is 0 Å². The second kappa shape index (κ2) is 6.72. The van der Waals surface area contributed by atoms with Crippen LogP contribution in [0.3, 0.4) is 0 Å². The highest BCUT2D eigenvalue weighted by atomic mass is 15.3. The molecule has 2 aliphatic rings. The molecule has 0 aliphatic carbocycles. The number of piperazine rings is 1. The molecule has 2 fully saturated rings. The maximum Gasteiger partial charge on any atom is 0.0113 e. The summed E-state index contributed by atoms with van der Waals surface area (Å²) in [6.45, 7) is 13.5. The van der Waals surface area contributed by atoms with E-state index >= 15 is 0 Å². The van der Waals surface area contributed by atoms with Gasteiger partial charge in [0.15, 0.2) is 0 Å². The van der Waals surface area contributed by atoms with Crippen molar-refractivity contribution in [2.45, 2.75) is 39.2 Å². The Kier molecular flexibility index (Phi) is 5.26. The third-order valence-corrected chi connectivity index (χ3v) is 4.35. The van der Waals surface area contributed by atoms with Gasteiger partial charge in [-0.1, -0.05) is 0 Å². The fraction of sp³-hybridized carbons (Fsp3) is 1.00. The molecule has 0 amide bonds. The highest BCUT2D eigenvalue weighted by Gasteiger charge is 2.21. The van der Waals surface area contributed by atoms with Crippen molar-refractivity contribution in [3.8, 4) is 0 Å². The Morgan fingerprint density at radius 3 is 2.53 bits per heavy atom. The van der Waals surface area contributed by atoms with E-state index in [-0.39, 0.29) is 0 Å². The van der Waals surface area contributed by atoms with Gasteiger partial charge in [-0.25, -0.2) is 0 Å². The van der Waals surface area contributed by atoms with Gasteiger partial charge in [-0.05, 0) is 52.1 Å². The first-order chi connectivity index (χ1) is 8.25. The minimum atomic E-state index is 0.722. The highest BCUT2D eigenvalue weighted by molar-refractivity contribution is 4.77. The van der Waals surface area contributed by atoms with Gasteiger partial charge in [0.2, 0.25) is 0 Å².